The van der Waals surface area contributed by atoms with Gasteiger partial charge in [-0.15, -0.1) is 5.92 Å². The molecule has 1 heterocycles. The van der Waals surface area contributed by atoms with Crippen LogP contribution in [-0.4, -0.2) is 38.7 Å². The van der Waals surface area contributed by atoms with Gasteiger partial charge in [0.1, 0.15) is 6.61 Å². The third kappa shape index (κ3) is 2.31. The molecule has 0 N–H and O–H groups in total. The number of hydrogen-bond donors (Lipinski definition) is 0. The highest BCUT2D eigenvalue weighted by molar-refractivity contribution is 6.06. The number of methoxy groups -OCH3 is 1. The molecule has 0 aromatic carbocycles. The zero-order chi connectivity index (χ0) is 13.0. The molecule has 1 atom stereocenters. The predicted molar refractivity (Wildman–Crippen MR) is 62.2 cm³/mol. The van der Waals surface area contributed by atoms with Crippen LogP contribution in [0, 0.1) is 11.8 Å². The fraction of sp³-hybridized carbons (Fsp3) is 0.462. The molecule has 0 aromatic rings. The summed E-state index contributed by atoms with van der Waals surface area (Å²) >= 11 is 0. The van der Waals surface area contributed by atoms with E-state index in [4.69, 9.17) is 18.9 Å². The van der Waals surface area contributed by atoms with Gasteiger partial charge in [-0.05, 0) is 13.0 Å². The fourth-order valence-corrected chi connectivity index (χ4v) is 1.73. The molecule has 2 rings (SSSR count). The van der Waals surface area contributed by atoms with Crippen molar-refractivity contribution in [3.05, 3.63) is 23.5 Å². The summed E-state index contributed by atoms with van der Waals surface area (Å²) < 4.78 is 21.1. The van der Waals surface area contributed by atoms with Crippen LogP contribution >= 0.6 is 0 Å². The summed E-state index contributed by atoms with van der Waals surface area (Å²) in [5, 5.41) is 0. The van der Waals surface area contributed by atoms with Crippen molar-refractivity contribution in [3.8, 4) is 11.8 Å². The minimum Gasteiger partial charge on any atom is -0.465 e. The number of carbonyl (C=O) groups is 1. The van der Waals surface area contributed by atoms with Crippen LogP contribution in [0.15, 0.2) is 23.5 Å². The quantitative estimate of drug-likeness (QED) is 0.545. The van der Waals surface area contributed by atoms with E-state index in [1.54, 1.807) is 13.0 Å². The number of fused-ring (bicyclic) bond motifs is 1. The van der Waals surface area contributed by atoms with Crippen molar-refractivity contribution in [1.82, 2.24) is 0 Å². The summed E-state index contributed by atoms with van der Waals surface area (Å²) in [6.45, 7) is 2.26. The van der Waals surface area contributed by atoms with Crippen molar-refractivity contribution in [2.24, 2.45) is 0 Å². The van der Waals surface area contributed by atoms with Crippen LogP contribution in [0.1, 0.15) is 6.92 Å². The van der Waals surface area contributed by atoms with E-state index in [9.17, 15) is 4.79 Å². The van der Waals surface area contributed by atoms with Crippen molar-refractivity contribution >= 4 is 5.78 Å². The minimum absolute atomic E-state index is 0.0684. The average Bonchev–Trinajstić information content (AvgIpc) is 2.78. The van der Waals surface area contributed by atoms with Gasteiger partial charge in [0.15, 0.2) is 18.3 Å². The molecular weight excluding hydrogens is 236 g/mol. The first kappa shape index (κ1) is 12.8. The van der Waals surface area contributed by atoms with Crippen molar-refractivity contribution in [2.45, 2.75) is 12.7 Å². The number of ketones is 1. The highest BCUT2D eigenvalue weighted by atomic mass is 16.8. The van der Waals surface area contributed by atoms with E-state index in [0.717, 1.165) is 0 Å². The molecule has 0 radical (unpaired) electrons. The molecule has 0 saturated carbocycles. The Morgan fingerprint density at radius 3 is 3.11 bits per heavy atom. The smallest absolute Gasteiger partial charge is 0.251 e. The maximum absolute atomic E-state index is 11.8. The van der Waals surface area contributed by atoms with Gasteiger partial charge in [0.05, 0.1) is 6.61 Å². The monoisotopic (exact) mass is 250 g/mol. The molecule has 0 bridgehead atoms. The predicted octanol–water partition coefficient (Wildman–Crippen LogP) is 0.766. The van der Waals surface area contributed by atoms with Gasteiger partial charge in [-0.1, -0.05) is 5.92 Å². The van der Waals surface area contributed by atoms with Gasteiger partial charge < -0.3 is 18.9 Å². The number of allylic oxidation sites excluding steroid dienone is 1. The summed E-state index contributed by atoms with van der Waals surface area (Å²) in [4.78, 5) is 11.8. The van der Waals surface area contributed by atoms with E-state index >= 15 is 0 Å². The average molecular weight is 250 g/mol. The van der Waals surface area contributed by atoms with Crippen LogP contribution in [0.5, 0.6) is 0 Å². The van der Waals surface area contributed by atoms with Gasteiger partial charge in [0.25, 0.3) is 5.79 Å². The molecule has 1 aliphatic heterocycles. The molecule has 5 nitrogen and oxygen atoms in total. The van der Waals surface area contributed by atoms with Gasteiger partial charge in [0.2, 0.25) is 0 Å². The molecule has 0 spiro atoms. The highest BCUT2D eigenvalue weighted by Gasteiger charge is 2.44. The first-order valence-electron chi connectivity index (χ1n) is 5.49. The lowest BCUT2D eigenvalue weighted by atomic mass is 9.99. The Kier molecular flexibility index (Phi) is 3.82. The molecule has 2 aliphatic rings. The number of carbonyl (C=O) groups excluding carboxylic acids is 1. The van der Waals surface area contributed by atoms with E-state index < -0.39 is 5.79 Å². The van der Waals surface area contributed by atoms with Gasteiger partial charge in [-0.2, -0.15) is 0 Å². The van der Waals surface area contributed by atoms with Gasteiger partial charge in [-0.3, -0.25) is 4.79 Å². The van der Waals surface area contributed by atoms with E-state index in [-0.39, 0.29) is 25.8 Å². The van der Waals surface area contributed by atoms with Crippen LogP contribution in [0.2, 0.25) is 0 Å². The second-order valence-electron chi connectivity index (χ2n) is 3.74. The number of rotatable bonds is 4. The van der Waals surface area contributed by atoms with Crippen LogP contribution in [-0.2, 0) is 23.7 Å². The topological polar surface area (TPSA) is 54.0 Å². The molecule has 0 amide bonds. The lowest BCUT2D eigenvalue weighted by Crippen LogP contribution is -2.34. The largest absolute Gasteiger partial charge is 0.465 e. The van der Waals surface area contributed by atoms with Gasteiger partial charge >= 0.3 is 0 Å². The Bertz CT molecular complexity index is 466. The van der Waals surface area contributed by atoms with Crippen LogP contribution in [0.4, 0.5) is 0 Å². The molecule has 18 heavy (non-hydrogen) atoms. The maximum Gasteiger partial charge on any atom is 0.251 e. The van der Waals surface area contributed by atoms with Crippen LogP contribution in [0.3, 0.4) is 0 Å². The lowest BCUT2D eigenvalue weighted by molar-refractivity contribution is -0.142. The minimum atomic E-state index is -1.08. The Morgan fingerprint density at radius 2 is 2.39 bits per heavy atom. The van der Waals surface area contributed by atoms with Crippen molar-refractivity contribution in [3.63, 3.8) is 0 Å². The highest BCUT2D eigenvalue weighted by Crippen LogP contribution is 2.35. The molecule has 1 unspecified atom stereocenters. The van der Waals surface area contributed by atoms with Crippen LogP contribution < -0.4 is 0 Å². The van der Waals surface area contributed by atoms with E-state index in [0.29, 0.717) is 11.3 Å². The molecule has 96 valence electrons. The van der Waals surface area contributed by atoms with Crippen molar-refractivity contribution in [1.29, 1.82) is 0 Å². The van der Waals surface area contributed by atoms with Crippen LogP contribution in [0.25, 0.3) is 0 Å². The SMILES string of the molecule is CC#CCOCC1=CC2(OC)OCOC2=CC1=O. The second-order valence-corrected chi connectivity index (χ2v) is 3.74. The van der Waals surface area contributed by atoms with Crippen molar-refractivity contribution in [2.75, 3.05) is 27.1 Å². The third-order valence-electron chi connectivity index (χ3n) is 2.69. The summed E-state index contributed by atoms with van der Waals surface area (Å²) in [7, 11) is 1.50. The van der Waals surface area contributed by atoms with E-state index in [1.165, 1.54) is 13.2 Å². The van der Waals surface area contributed by atoms with E-state index in [2.05, 4.69) is 11.8 Å². The molecule has 1 aliphatic carbocycles. The molecule has 1 fully saturated rings. The summed E-state index contributed by atoms with van der Waals surface area (Å²) in [6, 6.07) is 0. The molecular formula is C13H14O5. The van der Waals surface area contributed by atoms with Crippen molar-refractivity contribution < 1.29 is 23.7 Å². The Balaban J connectivity index is 2.10. The fourth-order valence-electron chi connectivity index (χ4n) is 1.73. The first-order valence-corrected chi connectivity index (χ1v) is 5.49. The zero-order valence-electron chi connectivity index (χ0n) is 10.3. The Morgan fingerprint density at radius 1 is 1.56 bits per heavy atom. The summed E-state index contributed by atoms with van der Waals surface area (Å²) in [5.74, 6) is 4.61. The normalized spacial score (nSPS) is 25.6. The molecule has 1 saturated heterocycles. The number of hydrogen-bond acceptors (Lipinski definition) is 5. The Hall–Kier alpha value is -1.61. The third-order valence-corrected chi connectivity index (χ3v) is 2.69. The first-order chi connectivity index (χ1) is 8.72. The van der Waals surface area contributed by atoms with Gasteiger partial charge in [-0.25, -0.2) is 0 Å². The Labute approximate surface area is 105 Å². The van der Waals surface area contributed by atoms with E-state index in [1.807, 2.05) is 0 Å². The maximum atomic E-state index is 11.8. The molecule has 5 heteroatoms. The second kappa shape index (κ2) is 5.36. The summed E-state index contributed by atoms with van der Waals surface area (Å²) in [5.41, 5.74) is 0.476. The van der Waals surface area contributed by atoms with Gasteiger partial charge in [0, 0.05) is 18.8 Å². The lowest BCUT2D eigenvalue weighted by Gasteiger charge is -2.25. The molecule has 0 aromatic heterocycles. The standard InChI is InChI=1S/C13H14O5/c1-3-4-5-16-8-10-7-13(15-2)12(6-11(10)14)17-9-18-13/h6-7H,5,8-9H2,1-2H3. The number of ether oxygens (including phenoxy) is 4. The summed E-state index contributed by atoms with van der Waals surface area (Å²) in [6.07, 6.45) is 2.97. The zero-order valence-corrected chi connectivity index (χ0v) is 10.3.